The fraction of sp³-hybridized carbons (Fsp3) is 0.455. The summed E-state index contributed by atoms with van der Waals surface area (Å²) in [5.41, 5.74) is 0. The number of hydrogen-bond acceptors (Lipinski definition) is 3. The van der Waals surface area contributed by atoms with Crippen molar-refractivity contribution < 1.29 is 14.2 Å². The van der Waals surface area contributed by atoms with Crippen molar-refractivity contribution in [2.75, 3.05) is 0 Å². The van der Waals surface area contributed by atoms with Crippen molar-refractivity contribution in [1.82, 2.24) is 0 Å². The Hall–Kier alpha value is -1.57. The Labute approximate surface area is 156 Å². The van der Waals surface area contributed by atoms with Gasteiger partial charge in [0.25, 0.3) is 7.37 Å². The Morgan fingerprint density at radius 2 is 1.69 bits per heavy atom. The van der Waals surface area contributed by atoms with E-state index in [1.165, 1.54) is 6.42 Å². The largest absolute Gasteiger partial charge is 0.507 e. The lowest BCUT2D eigenvalue weighted by atomic mass is 9.75. The molecule has 4 heteroatoms. The van der Waals surface area contributed by atoms with Crippen LogP contribution in [0.3, 0.4) is 0 Å². The zero-order valence-electron chi connectivity index (χ0n) is 15.8. The van der Waals surface area contributed by atoms with Gasteiger partial charge in [-0.25, -0.2) is 0 Å². The molecule has 0 radical (unpaired) electrons. The molecule has 140 valence electrons. The van der Waals surface area contributed by atoms with Crippen LogP contribution in [0.2, 0.25) is 0 Å². The standard InChI is InChI=1S/C22H29O3P/c1-16(2)19-14-13-17(3)15-21(19)25-26(24,18-9-5-4-6-10-18)22-12-8-7-11-20(22)23/h4-12,16-17,19,21,23H,13-15H2,1-3H3/t17-,19+,21-,26?/m1/s1. The van der Waals surface area contributed by atoms with Crippen LogP contribution in [0.25, 0.3) is 0 Å². The van der Waals surface area contributed by atoms with E-state index < -0.39 is 7.37 Å². The Morgan fingerprint density at radius 1 is 1.04 bits per heavy atom. The number of rotatable bonds is 5. The van der Waals surface area contributed by atoms with E-state index in [0.29, 0.717) is 28.4 Å². The van der Waals surface area contributed by atoms with Crippen LogP contribution in [0, 0.1) is 17.8 Å². The van der Waals surface area contributed by atoms with Gasteiger partial charge in [-0.05, 0) is 54.9 Å². The summed E-state index contributed by atoms with van der Waals surface area (Å²) in [6, 6.07) is 16.2. The first-order chi connectivity index (χ1) is 12.4. The maximum atomic E-state index is 14.2. The normalized spacial score (nSPS) is 25.8. The topological polar surface area (TPSA) is 46.5 Å². The zero-order chi connectivity index (χ0) is 18.7. The lowest BCUT2D eigenvalue weighted by Gasteiger charge is -2.39. The molecule has 0 bridgehead atoms. The number of phenols is 1. The predicted octanol–water partition coefficient (Wildman–Crippen LogP) is 5.10. The zero-order valence-corrected chi connectivity index (χ0v) is 16.7. The molecule has 4 atom stereocenters. The Balaban J connectivity index is 2.04. The van der Waals surface area contributed by atoms with Crippen molar-refractivity contribution in [3.05, 3.63) is 54.6 Å². The highest BCUT2D eigenvalue weighted by Gasteiger charge is 2.39. The van der Waals surface area contributed by atoms with E-state index in [2.05, 4.69) is 20.8 Å². The van der Waals surface area contributed by atoms with Gasteiger partial charge in [-0.3, -0.25) is 4.57 Å². The lowest BCUT2D eigenvalue weighted by Crippen LogP contribution is -2.36. The Kier molecular flexibility index (Phi) is 5.89. The molecular weight excluding hydrogens is 343 g/mol. The molecular formula is C22H29O3P. The second-order valence-corrected chi connectivity index (χ2v) is 10.2. The first kappa shape index (κ1) is 19.2. The van der Waals surface area contributed by atoms with Gasteiger partial charge in [-0.2, -0.15) is 0 Å². The van der Waals surface area contributed by atoms with Gasteiger partial charge in [0, 0.05) is 5.30 Å². The van der Waals surface area contributed by atoms with Crippen LogP contribution in [0.1, 0.15) is 40.0 Å². The maximum absolute atomic E-state index is 14.2. The van der Waals surface area contributed by atoms with Gasteiger partial charge in [0.05, 0.1) is 11.4 Å². The quantitative estimate of drug-likeness (QED) is 0.743. The molecule has 2 aromatic carbocycles. The minimum atomic E-state index is -3.38. The third-order valence-electron chi connectivity index (χ3n) is 5.54. The van der Waals surface area contributed by atoms with Gasteiger partial charge < -0.3 is 9.63 Å². The van der Waals surface area contributed by atoms with Gasteiger partial charge in [0.15, 0.2) is 0 Å². The van der Waals surface area contributed by atoms with E-state index in [9.17, 15) is 9.67 Å². The van der Waals surface area contributed by atoms with Crippen LogP contribution in [-0.2, 0) is 9.09 Å². The van der Waals surface area contributed by atoms with E-state index in [-0.39, 0.29) is 11.9 Å². The second kappa shape index (κ2) is 7.98. The first-order valence-corrected chi connectivity index (χ1v) is 11.2. The van der Waals surface area contributed by atoms with Crippen LogP contribution < -0.4 is 10.6 Å². The van der Waals surface area contributed by atoms with Gasteiger partial charge >= 0.3 is 0 Å². The minimum Gasteiger partial charge on any atom is -0.507 e. The molecule has 1 aliphatic rings. The summed E-state index contributed by atoms with van der Waals surface area (Å²) >= 11 is 0. The van der Waals surface area contributed by atoms with Crippen molar-refractivity contribution in [2.24, 2.45) is 17.8 Å². The average Bonchev–Trinajstić information content (AvgIpc) is 2.62. The molecule has 1 saturated carbocycles. The molecule has 1 unspecified atom stereocenters. The molecule has 1 N–H and O–H groups in total. The maximum Gasteiger partial charge on any atom is 0.265 e. The van der Waals surface area contributed by atoms with Crippen molar-refractivity contribution in [3.63, 3.8) is 0 Å². The minimum absolute atomic E-state index is 0.0321. The molecule has 26 heavy (non-hydrogen) atoms. The summed E-state index contributed by atoms with van der Waals surface area (Å²) in [6.45, 7) is 6.66. The molecule has 0 aliphatic heterocycles. The van der Waals surface area contributed by atoms with Crippen LogP contribution in [-0.4, -0.2) is 11.2 Å². The average molecular weight is 372 g/mol. The Morgan fingerprint density at radius 3 is 2.35 bits per heavy atom. The smallest absolute Gasteiger partial charge is 0.265 e. The van der Waals surface area contributed by atoms with Gasteiger partial charge in [0.1, 0.15) is 5.75 Å². The fourth-order valence-corrected chi connectivity index (χ4v) is 6.38. The first-order valence-electron chi connectivity index (χ1n) is 9.54. The third-order valence-corrected chi connectivity index (χ3v) is 8.10. The van der Waals surface area contributed by atoms with E-state index in [4.69, 9.17) is 4.52 Å². The predicted molar refractivity (Wildman–Crippen MR) is 108 cm³/mol. The number of phenolic OH excluding ortho intramolecular Hbond substituents is 1. The van der Waals surface area contributed by atoms with Gasteiger partial charge in [0.2, 0.25) is 0 Å². The number of para-hydroxylation sites is 1. The summed E-state index contributed by atoms with van der Waals surface area (Å²) in [4.78, 5) is 0. The summed E-state index contributed by atoms with van der Waals surface area (Å²) in [5.74, 6) is 1.45. The van der Waals surface area contributed by atoms with Crippen molar-refractivity contribution in [1.29, 1.82) is 0 Å². The molecule has 1 fully saturated rings. The van der Waals surface area contributed by atoms with Crippen LogP contribution in [0.5, 0.6) is 5.75 Å². The second-order valence-electron chi connectivity index (χ2n) is 7.85. The van der Waals surface area contributed by atoms with Gasteiger partial charge in [-0.15, -0.1) is 0 Å². The number of hydrogen-bond donors (Lipinski definition) is 1. The molecule has 0 saturated heterocycles. The van der Waals surface area contributed by atoms with E-state index in [0.717, 1.165) is 12.8 Å². The summed E-state index contributed by atoms with van der Waals surface area (Å²) in [7, 11) is -3.38. The molecule has 0 amide bonds. The third kappa shape index (κ3) is 3.89. The highest BCUT2D eigenvalue weighted by molar-refractivity contribution is 7.74. The molecule has 3 rings (SSSR count). The molecule has 0 spiro atoms. The molecule has 0 heterocycles. The highest BCUT2D eigenvalue weighted by Crippen LogP contribution is 2.51. The monoisotopic (exact) mass is 372 g/mol. The van der Waals surface area contributed by atoms with Crippen LogP contribution in [0.15, 0.2) is 54.6 Å². The van der Waals surface area contributed by atoms with Crippen LogP contribution in [0.4, 0.5) is 0 Å². The van der Waals surface area contributed by atoms with Crippen LogP contribution >= 0.6 is 7.37 Å². The fourth-order valence-electron chi connectivity index (χ4n) is 4.02. The Bertz CT molecular complexity index is 772. The van der Waals surface area contributed by atoms with E-state index in [1.807, 2.05) is 30.3 Å². The summed E-state index contributed by atoms with van der Waals surface area (Å²) in [5, 5.41) is 11.4. The van der Waals surface area contributed by atoms with Gasteiger partial charge in [-0.1, -0.05) is 57.5 Å². The number of aromatic hydroxyl groups is 1. The lowest BCUT2D eigenvalue weighted by molar-refractivity contribution is 0.0514. The van der Waals surface area contributed by atoms with E-state index >= 15 is 0 Å². The number of benzene rings is 2. The van der Waals surface area contributed by atoms with Crippen molar-refractivity contribution in [3.8, 4) is 5.75 Å². The molecule has 0 aromatic heterocycles. The molecule has 1 aliphatic carbocycles. The highest BCUT2D eigenvalue weighted by atomic mass is 31.2. The van der Waals surface area contributed by atoms with Crippen molar-refractivity contribution >= 4 is 18.0 Å². The SMILES string of the molecule is CC(C)[C@@H]1CC[C@@H](C)C[C@H]1OP(=O)(c1ccccc1)c1ccccc1O. The molecule has 3 nitrogen and oxygen atoms in total. The molecule has 2 aromatic rings. The summed E-state index contributed by atoms with van der Waals surface area (Å²) in [6.07, 6.45) is 3.13. The van der Waals surface area contributed by atoms with Crippen molar-refractivity contribution in [2.45, 2.75) is 46.1 Å². The summed E-state index contributed by atoms with van der Waals surface area (Å²) < 4.78 is 20.7. The van der Waals surface area contributed by atoms with E-state index in [1.54, 1.807) is 24.3 Å².